The molecule has 6 heteroatoms. The van der Waals surface area contributed by atoms with Crippen molar-refractivity contribution < 1.29 is 8.42 Å². The maximum Gasteiger partial charge on any atom is 0.147 e. The lowest BCUT2D eigenvalue weighted by Gasteiger charge is -2.18. The third kappa shape index (κ3) is 5.14. The van der Waals surface area contributed by atoms with Crippen LogP contribution in [-0.4, -0.2) is 32.0 Å². The molecule has 0 saturated heterocycles. The summed E-state index contributed by atoms with van der Waals surface area (Å²) < 4.78 is 23.3. The Kier molecular flexibility index (Phi) is 5.55. The molecule has 0 aliphatic rings. The van der Waals surface area contributed by atoms with Crippen molar-refractivity contribution >= 4 is 25.8 Å². The number of nitrogens with zero attached hydrogens (tertiary/aromatic N) is 1. The van der Waals surface area contributed by atoms with Crippen molar-refractivity contribution in [2.45, 2.75) is 19.4 Å². The number of rotatable bonds is 6. The van der Waals surface area contributed by atoms with Crippen LogP contribution in [0.2, 0.25) is 0 Å². The standard InChI is InChI=1S/C11H17BrN2O2S/c1-3-13-10(6-8-17(2,15)16)11-9(12)5-4-7-14-11/h4-5,7,10,13H,3,6,8H2,1-2H3. The molecular formula is C11H17BrN2O2S. The van der Waals surface area contributed by atoms with Crippen molar-refractivity contribution in [3.05, 3.63) is 28.5 Å². The van der Waals surface area contributed by atoms with Crippen LogP contribution in [0.1, 0.15) is 25.1 Å². The van der Waals surface area contributed by atoms with Crippen LogP contribution in [0.4, 0.5) is 0 Å². The second-order valence-electron chi connectivity index (χ2n) is 3.90. The summed E-state index contributed by atoms with van der Waals surface area (Å²) >= 11 is 3.44. The zero-order chi connectivity index (χ0) is 12.9. The third-order valence-electron chi connectivity index (χ3n) is 2.34. The number of halogens is 1. The molecule has 0 amide bonds. The minimum atomic E-state index is -2.94. The summed E-state index contributed by atoms with van der Waals surface area (Å²) in [7, 11) is -2.94. The van der Waals surface area contributed by atoms with E-state index in [9.17, 15) is 8.42 Å². The van der Waals surface area contributed by atoms with Crippen LogP contribution in [0.25, 0.3) is 0 Å². The first-order valence-corrected chi connectivity index (χ1v) is 8.31. The molecule has 0 aromatic carbocycles. The van der Waals surface area contributed by atoms with E-state index in [4.69, 9.17) is 0 Å². The van der Waals surface area contributed by atoms with Gasteiger partial charge in [0.15, 0.2) is 0 Å². The number of aromatic nitrogens is 1. The highest BCUT2D eigenvalue weighted by Crippen LogP contribution is 2.23. The van der Waals surface area contributed by atoms with Gasteiger partial charge in [-0.2, -0.15) is 0 Å². The van der Waals surface area contributed by atoms with Crippen LogP contribution in [0.3, 0.4) is 0 Å². The van der Waals surface area contributed by atoms with E-state index in [1.807, 2.05) is 19.1 Å². The van der Waals surface area contributed by atoms with Crippen LogP contribution in [-0.2, 0) is 9.84 Å². The van der Waals surface area contributed by atoms with Crippen molar-refractivity contribution in [2.75, 3.05) is 18.6 Å². The number of pyridine rings is 1. The van der Waals surface area contributed by atoms with E-state index in [2.05, 4.69) is 26.2 Å². The third-order valence-corrected chi connectivity index (χ3v) is 3.99. The van der Waals surface area contributed by atoms with Crippen molar-refractivity contribution in [3.63, 3.8) is 0 Å². The molecule has 0 saturated carbocycles. The highest BCUT2D eigenvalue weighted by atomic mass is 79.9. The van der Waals surface area contributed by atoms with Gasteiger partial charge in [-0.25, -0.2) is 8.42 Å². The molecule has 0 aliphatic carbocycles. The summed E-state index contributed by atoms with van der Waals surface area (Å²) in [6, 6.07) is 3.71. The maximum atomic E-state index is 11.2. The Bertz CT molecular complexity index is 462. The number of sulfone groups is 1. The second-order valence-corrected chi connectivity index (χ2v) is 7.01. The minimum Gasteiger partial charge on any atom is -0.309 e. The van der Waals surface area contributed by atoms with Crippen molar-refractivity contribution in [1.29, 1.82) is 0 Å². The smallest absolute Gasteiger partial charge is 0.147 e. The molecule has 1 unspecified atom stereocenters. The minimum absolute atomic E-state index is 0.0368. The largest absolute Gasteiger partial charge is 0.309 e. The van der Waals surface area contributed by atoms with E-state index in [1.54, 1.807) is 6.20 Å². The average molecular weight is 321 g/mol. The molecule has 17 heavy (non-hydrogen) atoms. The van der Waals surface area contributed by atoms with Gasteiger partial charge in [0.05, 0.1) is 17.5 Å². The molecule has 0 radical (unpaired) electrons. The van der Waals surface area contributed by atoms with Gasteiger partial charge in [-0.1, -0.05) is 6.92 Å². The molecule has 0 aliphatic heterocycles. The summed E-state index contributed by atoms with van der Waals surface area (Å²) in [5.74, 6) is 0.160. The molecule has 0 fully saturated rings. The van der Waals surface area contributed by atoms with Gasteiger partial charge in [-0.3, -0.25) is 4.98 Å². The van der Waals surface area contributed by atoms with E-state index >= 15 is 0 Å². The Labute approximate surface area is 111 Å². The Morgan fingerprint density at radius 1 is 1.53 bits per heavy atom. The van der Waals surface area contributed by atoms with Crippen molar-refractivity contribution in [2.24, 2.45) is 0 Å². The predicted molar refractivity (Wildman–Crippen MR) is 72.7 cm³/mol. The van der Waals surface area contributed by atoms with E-state index in [1.165, 1.54) is 6.26 Å². The molecule has 4 nitrogen and oxygen atoms in total. The van der Waals surface area contributed by atoms with Crippen LogP contribution in [0.15, 0.2) is 22.8 Å². The first kappa shape index (κ1) is 14.6. The fraction of sp³-hybridized carbons (Fsp3) is 0.545. The predicted octanol–water partition coefficient (Wildman–Crippen LogP) is 1.93. The van der Waals surface area contributed by atoms with Crippen molar-refractivity contribution in [3.8, 4) is 0 Å². The fourth-order valence-electron chi connectivity index (χ4n) is 1.57. The summed E-state index contributed by atoms with van der Waals surface area (Å²) in [6.07, 6.45) is 3.50. The molecule has 1 N–H and O–H groups in total. The highest BCUT2D eigenvalue weighted by Gasteiger charge is 2.16. The SMILES string of the molecule is CCNC(CCS(C)(=O)=O)c1ncccc1Br. The first-order valence-electron chi connectivity index (χ1n) is 5.45. The normalized spacial score (nSPS) is 13.6. The Morgan fingerprint density at radius 2 is 2.24 bits per heavy atom. The molecule has 1 aromatic rings. The number of hydrogen-bond acceptors (Lipinski definition) is 4. The monoisotopic (exact) mass is 320 g/mol. The first-order chi connectivity index (χ1) is 7.94. The van der Waals surface area contributed by atoms with Gasteiger partial charge < -0.3 is 5.32 Å². The lowest BCUT2D eigenvalue weighted by atomic mass is 10.1. The summed E-state index contributed by atoms with van der Waals surface area (Å²) in [6.45, 7) is 2.77. The van der Waals surface area contributed by atoms with Gasteiger partial charge >= 0.3 is 0 Å². The van der Waals surface area contributed by atoms with E-state index in [0.29, 0.717) is 6.42 Å². The Hall–Kier alpha value is -0.460. The van der Waals surface area contributed by atoms with Crippen LogP contribution < -0.4 is 5.32 Å². The van der Waals surface area contributed by atoms with E-state index < -0.39 is 9.84 Å². The van der Waals surface area contributed by atoms with Gasteiger partial charge in [0.25, 0.3) is 0 Å². The molecule has 0 spiro atoms. The molecule has 1 atom stereocenters. The summed E-state index contributed by atoms with van der Waals surface area (Å²) in [4.78, 5) is 4.29. The Balaban J connectivity index is 2.82. The summed E-state index contributed by atoms with van der Waals surface area (Å²) in [5, 5.41) is 3.26. The molecule has 0 bridgehead atoms. The molecule has 1 heterocycles. The fourth-order valence-corrected chi connectivity index (χ4v) is 2.76. The second kappa shape index (κ2) is 6.47. The number of hydrogen-bond donors (Lipinski definition) is 1. The topological polar surface area (TPSA) is 59.1 Å². The van der Waals surface area contributed by atoms with Gasteiger partial charge in [0, 0.05) is 16.9 Å². The van der Waals surface area contributed by atoms with Gasteiger partial charge in [0.1, 0.15) is 9.84 Å². The highest BCUT2D eigenvalue weighted by molar-refractivity contribution is 9.10. The lowest BCUT2D eigenvalue weighted by Crippen LogP contribution is -2.24. The van der Waals surface area contributed by atoms with Crippen LogP contribution in [0.5, 0.6) is 0 Å². The maximum absolute atomic E-state index is 11.2. The Morgan fingerprint density at radius 3 is 2.76 bits per heavy atom. The van der Waals surface area contributed by atoms with E-state index in [-0.39, 0.29) is 11.8 Å². The van der Waals surface area contributed by atoms with Crippen molar-refractivity contribution in [1.82, 2.24) is 10.3 Å². The molecule has 1 rings (SSSR count). The number of nitrogens with one attached hydrogen (secondary N) is 1. The zero-order valence-electron chi connectivity index (χ0n) is 9.98. The molecule has 96 valence electrons. The molecular weight excluding hydrogens is 304 g/mol. The zero-order valence-corrected chi connectivity index (χ0v) is 12.4. The van der Waals surface area contributed by atoms with Gasteiger partial charge in [-0.05, 0) is 41.0 Å². The van der Waals surface area contributed by atoms with Gasteiger partial charge in [-0.15, -0.1) is 0 Å². The average Bonchev–Trinajstić information content (AvgIpc) is 2.24. The van der Waals surface area contributed by atoms with E-state index in [0.717, 1.165) is 16.7 Å². The van der Waals surface area contributed by atoms with Crippen LogP contribution in [0, 0.1) is 0 Å². The quantitative estimate of drug-likeness (QED) is 0.870. The van der Waals surface area contributed by atoms with Gasteiger partial charge in [0.2, 0.25) is 0 Å². The van der Waals surface area contributed by atoms with Crippen LogP contribution >= 0.6 is 15.9 Å². The summed E-state index contributed by atoms with van der Waals surface area (Å²) in [5.41, 5.74) is 0.859. The lowest BCUT2D eigenvalue weighted by molar-refractivity contribution is 0.517. The molecule has 1 aromatic heterocycles.